The Labute approximate surface area is 183 Å². The third kappa shape index (κ3) is 5.59. The SMILES string of the molecule is O=C(NCCCc1ccccc1)C1CCCCN1Cc1ccc(-c2cccs2)cc1. The Balaban J connectivity index is 1.29. The van der Waals surface area contributed by atoms with E-state index >= 15 is 0 Å². The zero-order valence-electron chi connectivity index (χ0n) is 17.4. The number of carbonyl (C=O) groups is 1. The van der Waals surface area contributed by atoms with Crippen LogP contribution in [0.25, 0.3) is 10.4 Å². The average molecular weight is 419 g/mol. The lowest BCUT2D eigenvalue weighted by Gasteiger charge is -2.34. The van der Waals surface area contributed by atoms with Gasteiger partial charge < -0.3 is 5.32 Å². The monoisotopic (exact) mass is 418 g/mol. The van der Waals surface area contributed by atoms with Gasteiger partial charge >= 0.3 is 0 Å². The van der Waals surface area contributed by atoms with Gasteiger partial charge in [0.25, 0.3) is 0 Å². The summed E-state index contributed by atoms with van der Waals surface area (Å²) in [6, 6.07) is 23.5. The Morgan fingerprint density at radius 3 is 2.57 bits per heavy atom. The average Bonchev–Trinajstić information content (AvgIpc) is 3.33. The third-order valence-corrected chi connectivity index (χ3v) is 6.76. The molecule has 1 aliphatic rings. The second-order valence-electron chi connectivity index (χ2n) is 8.04. The van der Waals surface area contributed by atoms with Crippen LogP contribution in [0.3, 0.4) is 0 Å². The number of hydrogen-bond acceptors (Lipinski definition) is 3. The van der Waals surface area contributed by atoms with Crippen LogP contribution in [0.5, 0.6) is 0 Å². The first-order valence-corrected chi connectivity index (χ1v) is 11.9. The van der Waals surface area contributed by atoms with Crippen LogP contribution in [0.2, 0.25) is 0 Å². The van der Waals surface area contributed by atoms with Crippen LogP contribution in [0, 0.1) is 0 Å². The fourth-order valence-corrected chi connectivity index (χ4v) is 4.93. The molecule has 2 aromatic carbocycles. The summed E-state index contributed by atoms with van der Waals surface area (Å²) in [5.74, 6) is 0.193. The van der Waals surface area contributed by atoms with Crippen molar-refractivity contribution in [2.45, 2.75) is 44.7 Å². The zero-order valence-corrected chi connectivity index (χ0v) is 18.2. The van der Waals surface area contributed by atoms with Gasteiger partial charge in [-0.2, -0.15) is 0 Å². The molecule has 4 heteroatoms. The maximum absolute atomic E-state index is 12.9. The van der Waals surface area contributed by atoms with E-state index in [1.54, 1.807) is 11.3 Å². The van der Waals surface area contributed by atoms with Gasteiger partial charge in [0.1, 0.15) is 0 Å². The van der Waals surface area contributed by atoms with Crippen molar-refractivity contribution in [3.63, 3.8) is 0 Å². The van der Waals surface area contributed by atoms with Crippen LogP contribution in [-0.4, -0.2) is 29.9 Å². The topological polar surface area (TPSA) is 32.3 Å². The lowest BCUT2D eigenvalue weighted by Crippen LogP contribution is -2.49. The highest BCUT2D eigenvalue weighted by atomic mass is 32.1. The van der Waals surface area contributed by atoms with E-state index in [-0.39, 0.29) is 11.9 Å². The predicted molar refractivity (Wildman–Crippen MR) is 126 cm³/mol. The van der Waals surface area contributed by atoms with Crippen LogP contribution in [0.4, 0.5) is 0 Å². The fourth-order valence-electron chi connectivity index (χ4n) is 4.20. The van der Waals surface area contributed by atoms with E-state index < -0.39 is 0 Å². The number of thiophene rings is 1. The Morgan fingerprint density at radius 1 is 0.967 bits per heavy atom. The van der Waals surface area contributed by atoms with E-state index in [2.05, 4.69) is 76.3 Å². The summed E-state index contributed by atoms with van der Waals surface area (Å²) in [6.07, 6.45) is 5.25. The Morgan fingerprint density at radius 2 is 1.80 bits per heavy atom. The number of nitrogens with zero attached hydrogens (tertiary/aromatic N) is 1. The summed E-state index contributed by atoms with van der Waals surface area (Å²) in [7, 11) is 0. The van der Waals surface area contributed by atoms with E-state index in [9.17, 15) is 4.79 Å². The van der Waals surface area contributed by atoms with E-state index in [0.717, 1.165) is 45.3 Å². The van der Waals surface area contributed by atoms with Gasteiger partial charge in [-0.05, 0) is 60.4 Å². The first kappa shape index (κ1) is 20.8. The summed E-state index contributed by atoms with van der Waals surface area (Å²) in [5.41, 5.74) is 3.87. The highest BCUT2D eigenvalue weighted by molar-refractivity contribution is 7.13. The molecule has 2 heterocycles. The lowest BCUT2D eigenvalue weighted by molar-refractivity contribution is -0.127. The Kier molecular flexibility index (Phi) is 7.33. The predicted octanol–water partition coefficient (Wildman–Crippen LogP) is 5.52. The van der Waals surface area contributed by atoms with Crippen molar-refractivity contribution in [2.75, 3.05) is 13.1 Å². The van der Waals surface area contributed by atoms with Gasteiger partial charge in [0.05, 0.1) is 6.04 Å². The minimum Gasteiger partial charge on any atom is -0.355 e. The van der Waals surface area contributed by atoms with Crippen molar-refractivity contribution in [1.82, 2.24) is 10.2 Å². The highest BCUT2D eigenvalue weighted by Crippen LogP contribution is 2.26. The van der Waals surface area contributed by atoms with Crippen LogP contribution >= 0.6 is 11.3 Å². The second-order valence-corrected chi connectivity index (χ2v) is 8.98. The maximum atomic E-state index is 12.9. The fraction of sp³-hybridized carbons (Fsp3) is 0.346. The molecule has 4 rings (SSSR count). The molecule has 3 nitrogen and oxygen atoms in total. The molecule has 1 aromatic heterocycles. The number of aryl methyl sites for hydroxylation is 1. The quantitative estimate of drug-likeness (QED) is 0.489. The largest absolute Gasteiger partial charge is 0.355 e. The molecule has 0 saturated carbocycles. The maximum Gasteiger partial charge on any atom is 0.237 e. The van der Waals surface area contributed by atoms with Crippen molar-refractivity contribution >= 4 is 17.2 Å². The van der Waals surface area contributed by atoms with E-state index in [4.69, 9.17) is 0 Å². The van der Waals surface area contributed by atoms with Gasteiger partial charge in [-0.25, -0.2) is 0 Å². The number of benzene rings is 2. The normalized spacial score (nSPS) is 17.0. The first-order chi connectivity index (χ1) is 14.8. The standard InChI is InChI=1S/C26H30N2OS/c29-26(27-17-6-10-21-8-2-1-3-9-21)24-11-4-5-18-28(24)20-22-13-15-23(16-14-22)25-12-7-19-30-25/h1-3,7-9,12-16,19,24H,4-6,10-11,17-18,20H2,(H,27,29). The minimum atomic E-state index is -0.00699. The van der Waals surface area contributed by atoms with Crippen LogP contribution in [-0.2, 0) is 17.8 Å². The van der Waals surface area contributed by atoms with Crippen LogP contribution in [0.1, 0.15) is 36.8 Å². The van der Waals surface area contributed by atoms with E-state index in [1.807, 2.05) is 6.07 Å². The summed E-state index contributed by atoms with van der Waals surface area (Å²) < 4.78 is 0. The van der Waals surface area contributed by atoms with Gasteiger partial charge in [0.15, 0.2) is 0 Å². The van der Waals surface area contributed by atoms with Crippen molar-refractivity contribution in [1.29, 1.82) is 0 Å². The second kappa shape index (κ2) is 10.6. The molecule has 1 N–H and O–H groups in total. The van der Waals surface area contributed by atoms with Crippen LogP contribution in [0.15, 0.2) is 72.1 Å². The molecule has 1 unspecified atom stereocenters. The van der Waals surface area contributed by atoms with Gasteiger partial charge in [0, 0.05) is 18.0 Å². The molecule has 1 amide bonds. The number of hydrogen-bond donors (Lipinski definition) is 1. The van der Waals surface area contributed by atoms with Gasteiger partial charge in [0.2, 0.25) is 5.91 Å². The molecule has 156 valence electrons. The third-order valence-electron chi connectivity index (χ3n) is 5.85. The first-order valence-electron chi connectivity index (χ1n) is 11.0. The molecule has 1 aliphatic heterocycles. The summed E-state index contributed by atoms with van der Waals surface area (Å²) >= 11 is 1.77. The molecule has 0 aliphatic carbocycles. The minimum absolute atomic E-state index is 0.00699. The molecule has 1 atom stereocenters. The molecular weight excluding hydrogens is 388 g/mol. The molecule has 1 fully saturated rings. The van der Waals surface area contributed by atoms with Gasteiger partial charge in [-0.15, -0.1) is 11.3 Å². The smallest absolute Gasteiger partial charge is 0.237 e. The van der Waals surface area contributed by atoms with Gasteiger partial charge in [-0.3, -0.25) is 9.69 Å². The number of carbonyl (C=O) groups excluding carboxylic acids is 1. The van der Waals surface area contributed by atoms with Gasteiger partial charge in [-0.1, -0.05) is 67.1 Å². The molecule has 0 spiro atoms. The zero-order chi connectivity index (χ0) is 20.6. The Bertz CT molecular complexity index is 906. The van der Waals surface area contributed by atoms with E-state index in [0.29, 0.717) is 0 Å². The van der Waals surface area contributed by atoms with E-state index in [1.165, 1.54) is 28.0 Å². The number of piperidine rings is 1. The van der Waals surface area contributed by atoms with Crippen molar-refractivity contribution in [2.24, 2.45) is 0 Å². The number of rotatable bonds is 8. The molecule has 0 radical (unpaired) electrons. The Hall–Kier alpha value is -2.43. The summed E-state index contributed by atoms with van der Waals surface area (Å²) in [4.78, 5) is 16.5. The number of likely N-dealkylation sites (tertiary alicyclic amines) is 1. The highest BCUT2D eigenvalue weighted by Gasteiger charge is 2.28. The molecule has 3 aromatic rings. The molecule has 0 bridgehead atoms. The van der Waals surface area contributed by atoms with Crippen LogP contribution < -0.4 is 5.32 Å². The number of nitrogens with one attached hydrogen (secondary N) is 1. The molecule has 1 saturated heterocycles. The van der Waals surface area contributed by atoms with Crippen molar-refractivity contribution in [3.05, 3.63) is 83.2 Å². The molecule has 30 heavy (non-hydrogen) atoms. The lowest BCUT2D eigenvalue weighted by atomic mass is 10.00. The van der Waals surface area contributed by atoms with Crippen molar-refractivity contribution in [3.8, 4) is 10.4 Å². The number of amides is 1. The summed E-state index contributed by atoms with van der Waals surface area (Å²) in [5, 5.41) is 5.30. The van der Waals surface area contributed by atoms with Crippen molar-refractivity contribution < 1.29 is 4.79 Å². The summed E-state index contributed by atoms with van der Waals surface area (Å²) in [6.45, 7) is 2.58. The molecular formula is C26H30N2OS.